The molecule has 0 heterocycles. The Hall–Kier alpha value is -2.46. The minimum absolute atomic E-state index is 0.292. The zero-order valence-electron chi connectivity index (χ0n) is 13.2. The molecular weight excluding hydrogens is 328 g/mol. The summed E-state index contributed by atoms with van der Waals surface area (Å²) < 4.78 is 5.22. The van der Waals surface area contributed by atoms with Crippen LogP contribution in [0.4, 0.5) is 0 Å². The van der Waals surface area contributed by atoms with E-state index in [1.54, 1.807) is 54.6 Å². The maximum absolute atomic E-state index is 12.3. The SMILES string of the molecule is CC(=O)OC(CCCl)c1ccc(C(=O)C(=O)c2ccccc2)cc1. The third kappa shape index (κ3) is 4.52. The average molecular weight is 345 g/mol. The van der Waals surface area contributed by atoms with Crippen LogP contribution in [-0.2, 0) is 9.53 Å². The summed E-state index contributed by atoms with van der Waals surface area (Å²) in [4.78, 5) is 35.6. The Labute approximate surface area is 145 Å². The fourth-order valence-electron chi connectivity index (χ4n) is 2.29. The number of Topliss-reactive ketones (excluding diaryl/α,β-unsaturated/α-hetero) is 2. The molecule has 0 radical (unpaired) electrons. The van der Waals surface area contributed by atoms with Gasteiger partial charge in [-0.25, -0.2) is 0 Å². The first-order valence-corrected chi connectivity index (χ1v) is 8.03. The number of carbonyl (C=O) groups excluding carboxylic acids is 3. The van der Waals surface area contributed by atoms with Gasteiger partial charge in [0.15, 0.2) is 0 Å². The van der Waals surface area contributed by atoms with E-state index in [9.17, 15) is 14.4 Å². The molecule has 0 fully saturated rings. The van der Waals surface area contributed by atoms with Crippen LogP contribution in [0, 0.1) is 0 Å². The van der Waals surface area contributed by atoms with Gasteiger partial charge in [-0.15, -0.1) is 11.6 Å². The van der Waals surface area contributed by atoms with Crippen LogP contribution >= 0.6 is 11.6 Å². The van der Waals surface area contributed by atoms with Gasteiger partial charge in [0.2, 0.25) is 11.6 Å². The van der Waals surface area contributed by atoms with E-state index in [2.05, 4.69) is 0 Å². The van der Waals surface area contributed by atoms with E-state index >= 15 is 0 Å². The minimum Gasteiger partial charge on any atom is -0.458 e. The van der Waals surface area contributed by atoms with Crippen LogP contribution in [0.15, 0.2) is 54.6 Å². The number of hydrogen-bond donors (Lipinski definition) is 0. The van der Waals surface area contributed by atoms with Crippen molar-refractivity contribution in [3.8, 4) is 0 Å². The molecule has 124 valence electrons. The van der Waals surface area contributed by atoms with Crippen molar-refractivity contribution in [1.29, 1.82) is 0 Å². The molecule has 0 aliphatic rings. The summed E-state index contributed by atoms with van der Waals surface area (Å²) in [6, 6.07) is 14.9. The first-order valence-electron chi connectivity index (χ1n) is 7.50. The van der Waals surface area contributed by atoms with Crippen molar-refractivity contribution < 1.29 is 19.1 Å². The van der Waals surface area contributed by atoms with Crippen LogP contribution in [0.1, 0.15) is 45.7 Å². The van der Waals surface area contributed by atoms with E-state index in [1.165, 1.54) is 6.92 Å². The lowest BCUT2D eigenvalue weighted by Gasteiger charge is -2.16. The quantitative estimate of drug-likeness (QED) is 0.330. The number of esters is 1. The van der Waals surface area contributed by atoms with Crippen molar-refractivity contribution in [2.45, 2.75) is 19.4 Å². The highest BCUT2D eigenvalue weighted by Crippen LogP contribution is 2.23. The molecule has 2 aromatic rings. The van der Waals surface area contributed by atoms with Crippen molar-refractivity contribution in [2.75, 3.05) is 5.88 Å². The Morgan fingerprint density at radius 3 is 1.96 bits per heavy atom. The number of benzene rings is 2. The summed E-state index contributed by atoms with van der Waals surface area (Å²) in [5.41, 5.74) is 1.38. The topological polar surface area (TPSA) is 60.4 Å². The van der Waals surface area contributed by atoms with Gasteiger partial charge in [-0.1, -0.05) is 54.6 Å². The Morgan fingerprint density at radius 1 is 0.917 bits per heavy atom. The molecule has 0 N–H and O–H groups in total. The summed E-state index contributed by atoms with van der Waals surface area (Å²) in [6.45, 7) is 1.33. The number of rotatable bonds is 7. The molecule has 0 spiro atoms. The Balaban J connectivity index is 2.17. The number of ether oxygens (including phenoxy) is 1. The van der Waals surface area contributed by atoms with Gasteiger partial charge < -0.3 is 4.74 Å². The molecule has 1 atom stereocenters. The van der Waals surface area contributed by atoms with Crippen LogP contribution in [0.2, 0.25) is 0 Å². The zero-order chi connectivity index (χ0) is 17.5. The van der Waals surface area contributed by atoms with Gasteiger partial charge in [-0.05, 0) is 5.56 Å². The maximum atomic E-state index is 12.3. The van der Waals surface area contributed by atoms with Crippen molar-refractivity contribution >= 4 is 29.1 Å². The number of halogens is 1. The van der Waals surface area contributed by atoms with Gasteiger partial charge in [-0.3, -0.25) is 14.4 Å². The highest BCUT2D eigenvalue weighted by molar-refractivity contribution is 6.49. The van der Waals surface area contributed by atoms with Crippen LogP contribution in [0.3, 0.4) is 0 Å². The molecule has 0 bridgehead atoms. The van der Waals surface area contributed by atoms with Crippen molar-refractivity contribution in [1.82, 2.24) is 0 Å². The second-order valence-electron chi connectivity index (χ2n) is 5.22. The molecule has 0 saturated heterocycles. The molecule has 0 saturated carbocycles. The lowest BCUT2D eigenvalue weighted by molar-refractivity contribution is -0.146. The van der Waals surface area contributed by atoms with E-state index in [-0.39, 0.29) is 0 Å². The van der Waals surface area contributed by atoms with Gasteiger partial charge in [0.05, 0.1) is 0 Å². The van der Waals surface area contributed by atoms with Crippen molar-refractivity contribution in [3.05, 3.63) is 71.3 Å². The summed E-state index contributed by atoms with van der Waals surface area (Å²) in [7, 11) is 0. The van der Waals surface area contributed by atoms with Crippen LogP contribution in [0.5, 0.6) is 0 Å². The number of carbonyl (C=O) groups is 3. The second kappa shape index (κ2) is 8.41. The normalized spacial score (nSPS) is 11.6. The first-order chi connectivity index (χ1) is 11.5. The molecule has 2 aromatic carbocycles. The monoisotopic (exact) mass is 344 g/mol. The fraction of sp³-hybridized carbons (Fsp3) is 0.211. The predicted octanol–water partition coefficient (Wildman–Crippen LogP) is 3.99. The van der Waals surface area contributed by atoms with Crippen LogP contribution in [-0.4, -0.2) is 23.4 Å². The van der Waals surface area contributed by atoms with Crippen LogP contribution < -0.4 is 0 Å². The van der Waals surface area contributed by atoms with E-state index in [0.717, 1.165) is 5.56 Å². The molecule has 1 unspecified atom stereocenters. The van der Waals surface area contributed by atoms with E-state index in [1.807, 2.05) is 0 Å². The lowest BCUT2D eigenvalue weighted by Crippen LogP contribution is -2.15. The van der Waals surface area contributed by atoms with E-state index < -0.39 is 23.6 Å². The van der Waals surface area contributed by atoms with E-state index in [4.69, 9.17) is 16.3 Å². The summed E-state index contributed by atoms with van der Waals surface area (Å²) >= 11 is 5.73. The lowest BCUT2D eigenvalue weighted by atomic mass is 9.99. The van der Waals surface area contributed by atoms with Gasteiger partial charge in [0, 0.05) is 30.4 Å². The number of ketones is 2. The molecule has 0 aliphatic heterocycles. The molecule has 0 amide bonds. The molecule has 24 heavy (non-hydrogen) atoms. The van der Waals surface area contributed by atoms with Gasteiger partial charge in [0.25, 0.3) is 0 Å². The van der Waals surface area contributed by atoms with Crippen molar-refractivity contribution in [2.24, 2.45) is 0 Å². The highest BCUT2D eigenvalue weighted by atomic mass is 35.5. The first kappa shape index (κ1) is 17.9. The standard InChI is InChI=1S/C19H17ClO4/c1-13(21)24-17(11-12-20)14-7-9-16(10-8-14)19(23)18(22)15-5-3-2-4-6-15/h2-10,17H,11-12H2,1H3. The molecule has 0 aromatic heterocycles. The van der Waals surface area contributed by atoms with E-state index in [0.29, 0.717) is 23.4 Å². The fourth-order valence-corrected chi connectivity index (χ4v) is 2.49. The summed E-state index contributed by atoms with van der Waals surface area (Å²) in [5.74, 6) is -1.19. The highest BCUT2D eigenvalue weighted by Gasteiger charge is 2.19. The minimum atomic E-state index is -0.575. The third-order valence-corrected chi connectivity index (χ3v) is 3.68. The molecular formula is C19H17ClO4. The largest absolute Gasteiger partial charge is 0.458 e. The Bertz CT molecular complexity index is 723. The summed E-state index contributed by atoms with van der Waals surface area (Å²) in [5, 5.41) is 0. The molecule has 4 nitrogen and oxygen atoms in total. The van der Waals surface area contributed by atoms with Gasteiger partial charge >= 0.3 is 5.97 Å². The van der Waals surface area contributed by atoms with Crippen LogP contribution in [0.25, 0.3) is 0 Å². The zero-order valence-corrected chi connectivity index (χ0v) is 14.0. The van der Waals surface area contributed by atoms with Crippen molar-refractivity contribution in [3.63, 3.8) is 0 Å². The predicted molar refractivity (Wildman–Crippen MR) is 91.4 cm³/mol. The number of alkyl halides is 1. The number of hydrogen-bond acceptors (Lipinski definition) is 4. The Morgan fingerprint density at radius 2 is 1.46 bits per heavy atom. The third-order valence-electron chi connectivity index (χ3n) is 3.47. The summed E-state index contributed by atoms with van der Waals surface area (Å²) in [6.07, 6.45) is 0.00571. The van der Waals surface area contributed by atoms with Gasteiger partial charge in [-0.2, -0.15) is 0 Å². The second-order valence-corrected chi connectivity index (χ2v) is 5.60. The maximum Gasteiger partial charge on any atom is 0.303 e. The molecule has 0 aliphatic carbocycles. The molecule has 5 heteroatoms. The average Bonchev–Trinajstić information content (AvgIpc) is 2.60. The van der Waals surface area contributed by atoms with Gasteiger partial charge in [0.1, 0.15) is 6.10 Å². The Kier molecular flexibility index (Phi) is 6.27. The smallest absolute Gasteiger partial charge is 0.303 e. The molecule has 2 rings (SSSR count).